The Labute approximate surface area is 189 Å². The van der Waals surface area contributed by atoms with Crippen LogP contribution in [-0.2, 0) is 11.3 Å². The van der Waals surface area contributed by atoms with Crippen molar-refractivity contribution in [2.24, 2.45) is 5.92 Å². The summed E-state index contributed by atoms with van der Waals surface area (Å²) in [5.41, 5.74) is 2.56. The van der Waals surface area contributed by atoms with Gasteiger partial charge < -0.3 is 14.6 Å². The molecule has 1 unspecified atom stereocenters. The summed E-state index contributed by atoms with van der Waals surface area (Å²) in [6, 6.07) is 15.8. The van der Waals surface area contributed by atoms with Gasteiger partial charge in [-0.1, -0.05) is 38.1 Å². The number of ether oxygens (including phenoxy) is 2. The number of nitrogens with zero attached hydrogens (tertiary/aromatic N) is 3. The number of benzene rings is 2. The van der Waals surface area contributed by atoms with Crippen molar-refractivity contribution in [3.05, 3.63) is 71.7 Å². The maximum Gasteiger partial charge on any atom is 0.227 e. The predicted octanol–water partition coefficient (Wildman–Crippen LogP) is 4.58. The summed E-state index contributed by atoms with van der Waals surface area (Å²) in [5.74, 6) is 0.977. The number of aliphatic hydroxyl groups is 1. The van der Waals surface area contributed by atoms with E-state index >= 15 is 0 Å². The van der Waals surface area contributed by atoms with E-state index in [4.69, 9.17) is 14.6 Å². The van der Waals surface area contributed by atoms with E-state index in [1.165, 1.54) is 12.1 Å². The van der Waals surface area contributed by atoms with Crippen molar-refractivity contribution in [3.63, 3.8) is 0 Å². The smallest absolute Gasteiger partial charge is 0.227 e. The van der Waals surface area contributed by atoms with Gasteiger partial charge in [0.25, 0.3) is 0 Å². The summed E-state index contributed by atoms with van der Waals surface area (Å²) in [6.07, 6.45) is -0.601. The second-order valence-electron chi connectivity index (χ2n) is 8.37. The zero-order valence-corrected chi connectivity index (χ0v) is 19.2. The van der Waals surface area contributed by atoms with Crippen molar-refractivity contribution in [2.75, 3.05) is 26.8 Å². The molecule has 0 aliphatic heterocycles. The van der Waals surface area contributed by atoms with E-state index in [-0.39, 0.29) is 12.4 Å². The fourth-order valence-electron chi connectivity index (χ4n) is 3.70. The van der Waals surface area contributed by atoms with Crippen LogP contribution in [0.4, 0.5) is 4.39 Å². The normalized spacial score (nSPS) is 12.5. The lowest BCUT2D eigenvalue weighted by Crippen LogP contribution is -2.36. The minimum Gasteiger partial charge on any atom is -0.438 e. The molecule has 0 saturated carbocycles. The minimum atomic E-state index is -0.601. The van der Waals surface area contributed by atoms with Crippen LogP contribution in [0.1, 0.15) is 25.1 Å². The van der Waals surface area contributed by atoms with Gasteiger partial charge in [0.2, 0.25) is 5.88 Å². The van der Waals surface area contributed by atoms with Gasteiger partial charge in [0.05, 0.1) is 29.7 Å². The first-order valence-electron chi connectivity index (χ1n) is 10.8. The molecule has 1 atom stereocenters. The standard InChI is InChI=1S/C25H32FN3O3/c1-18(2)14-28(15-22(30)17-31-4)16-24-19(3)27-29(21-10-6-5-7-11-21)25(24)32-23-12-8-9-20(26)13-23/h5-13,18,22,30H,14-17H2,1-4H3. The highest BCUT2D eigenvalue weighted by molar-refractivity contribution is 5.43. The first kappa shape index (κ1) is 23.9. The number of hydrogen-bond acceptors (Lipinski definition) is 5. The molecular formula is C25H32FN3O3. The maximum absolute atomic E-state index is 13.8. The number of aromatic nitrogens is 2. The van der Waals surface area contributed by atoms with Gasteiger partial charge in [0.15, 0.2) is 0 Å². The molecule has 1 heterocycles. The minimum absolute atomic E-state index is 0.267. The summed E-state index contributed by atoms with van der Waals surface area (Å²) in [5, 5.41) is 15.1. The van der Waals surface area contributed by atoms with Crippen LogP contribution in [0.5, 0.6) is 11.6 Å². The van der Waals surface area contributed by atoms with E-state index in [9.17, 15) is 9.50 Å². The van der Waals surface area contributed by atoms with Crippen LogP contribution in [0.15, 0.2) is 54.6 Å². The molecule has 1 N–H and O–H groups in total. The first-order chi connectivity index (χ1) is 15.4. The van der Waals surface area contributed by atoms with Crippen LogP contribution in [-0.4, -0.2) is 52.7 Å². The zero-order chi connectivity index (χ0) is 23.1. The zero-order valence-electron chi connectivity index (χ0n) is 19.2. The van der Waals surface area contributed by atoms with Crippen LogP contribution in [0.2, 0.25) is 0 Å². The fourth-order valence-corrected chi connectivity index (χ4v) is 3.70. The largest absolute Gasteiger partial charge is 0.438 e. The molecule has 2 aromatic carbocycles. The topological polar surface area (TPSA) is 59.8 Å². The van der Waals surface area contributed by atoms with E-state index in [1.807, 2.05) is 37.3 Å². The van der Waals surface area contributed by atoms with Crippen LogP contribution in [0.25, 0.3) is 5.69 Å². The monoisotopic (exact) mass is 441 g/mol. The molecular weight excluding hydrogens is 409 g/mol. The number of halogens is 1. The molecule has 0 radical (unpaired) electrons. The summed E-state index contributed by atoms with van der Waals surface area (Å²) >= 11 is 0. The molecule has 172 valence electrons. The quantitative estimate of drug-likeness (QED) is 0.472. The predicted molar refractivity (Wildman–Crippen MR) is 123 cm³/mol. The Morgan fingerprint density at radius 3 is 2.50 bits per heavy atom. The molecule has 0 fully saturated rings. The van der Waals surface area contributed by atoms with Gasteiger partial charge in [-0.15, -0.1) is 0 Å². The van der Waals surface area contributed by atoms with Gasteiger partial charge in [0, 0.05) is 32.8 Å². The fraction of sp³-hybridized carbons (Fsp3) is 0.400. The highest BCUT2D eigenvalue weighted by atomic mass is 19.1. The van der Waals surface area contributed by atoms with Crippen molar-refractivity contribution in [1.29, 1.82) is 0 Å². The van der Waals surface area contributed by atoms with Crippen molar-refractivity contribution >= 4 is 0 Å². The van der Waals surface area contributed by atoms with Crippen LogP contribution < -0.4 is 4.74 Å². The molecule has 0 aliphatic rings. The van der Waals surface area contributed by atoms with E-state index in [1.54, 1.807) is 23.9 Å². The third kappa shape index (κ3) is 6.38. The Hall–Kier alpha value is -2.74. The Bertz CT molecular complexity index is 991. The van der Waals surface area contributed by atoms with Gasteiger partial charge in [-0.05, 0) is 37.1 Å². The molecule has 3 aromatic rings. The third-order valence-electron chi connectivity index (χ3n) is 4.98. The lowest BCUT2D eigenvalue weighted by Gasteiger charge is -2.26. The van der Waals surface area contributed by atoms with Gasteiger partial charge >= 0.3 is 0 Å². The van der Waals surface area contributed by atoms with E-state index in [0.29, 0.717) is 30.6 Å². The molecule has 0 saturated heterocycles. The first-order valence-corrected chi connectivity index (χ1v) is 10.8. The van der Waals surface area contributed by atoms with Crippen molar-refractivity contribution in [3.8, 4) is 17.3 Å². The molecule has 1 aromatic heterocycles. The van der Waals surface area contributed by atoms with Crippen molar-refractivity contribution < 1.29 is 19.0 Å². The second kappa shape index (κ2) is 11.2. The summed E-state index contributed by atoms with van der Waals surface area (Å²) in [7, 11) is 1.58. The van der Waals surface area contributed by atoms with Gasteiger partial charge in [-0.3, -0.25) is 4.90 Å². The lowest BCUT2D eigenvalue weighted by molar-refractivity contribution is 0.0329. The second-order valence-corrected chi connectivity index (χ2v) is 8.37. The highest BCUT2D eigenvalue weighted by Crippen LogP contribution is 2.32. The van der Waals surface area contributed by atoms with Gasteiger partial charge in [-0.2, -0.15) is 5.10 Å². The average Bonchev–Trinajstić information content (AvgIpc) is 3.04. The summed E-state index contributed by atoms with van der Waals surface area (Å²) in [4.78, 5) is 2.17. The Morgan fingerprint density at radius 1 is 1.09 bits per heavy atom. The molecule has 3 rings (SSSR count). The van der Waals surface area contributed by atoms with Crippen LogP contribution in [0, 0.1) is 18.7 Å². The number of para-hydroxylation sites is 1. The SMILES string of the molecule is COCC(O)CN(Cc1c(C)nn(-c2ccccc2)c1Oc1cccc(F)c1)CC(C)C. The van der Waals surface area contributed by atoms with E-state index in [0.717, 1.165) is 23.5 Å². The highest BCUT2D eigenvalue weighted by Gasteiger charge is 2.23. The Kier molecular flexibility index (Phi) is 8.39. The van der Waals surface area contributed by atoms with Crippen LogP contribution in [0.3, 0.4) is 0 Å². The molecule has 0 aliphatic carbocycles. The number of aliphatic hydroxyl groups excluding tert-OH is 1. The van der Waals surface area contributed by atoms with E-state index in [2.05, 4.69) is 18.7 Å². The van der Waals surface area contributed by atoms with Gasteiger partial charge in [0.1, 0.15) is 11.6 Å². The number of hydrogen-bond donors (Lipinski definition) is 1. The maximum atomic E-state index is 13.8. The Balaban J connectivity index is 2.00. The average molecular weight is 442 g/mol. The number of rotatable bonds is 11. The Morgan fingerprint density at radius 2 is 1.84 bits per heavy atom. The van der Waals surface area contributed by atoms with Gasteiger partial charge in [-0.25, -0.2) is 9.07 Å². The summed E-state index contributed by atoms with van der Waals surface area (Å²) < 4.78 is 26.9. The molecule has 0 bridgehead atoms. The molecule has 7 heteroatoms. The molecule has 0 amide bonds. The summed E-state index contributed by atoms with van der Waals surface area (Å²) in [6.45, 7) is 8.26. The third-order valence-corrected chi connectivity index (χ3v) is 4.98. The molecule has 0 spiro atoms. The molecule has 6 nitrogen and oxygen atoms in total. The van der Waals surface area contributed by atoms with Crippen molar-refractivity contribution in [2.45, 2.75) is 33.4 Å². The van der Waals surface area contributed by atoms with E-state index < -0.39 is 6.10 Å². The van der Waals surface area contributed by atoms with Crippen LogP contribution >= 0.6 is 0 Å². The number of methoxy groups -OCH3 is 1. The molecule has 32 heavy (non-hydrogen) atoms. The van der Waals surface area contributed by atoms with Crippen molar-refractivity contribution in [1.82, 2.24) is 14.7 Å². The lowest BCUT2D eigenvalue weighted by atomic mass is 10.1. The number of aryl methyl sites for hydroxylation is 1.